The van der Waals surface area contributed by atoms with Crippen LogP contribution in [0.1, 0.15) is 16.7 Å². The Kier molecular flexibility index (Phi) is 5.63. The van der Waals surface area contributed by atoms with Crippen LogP contribution in [-0.4, -0.2) is 14.6 Å². The maximum Gasteiger partial charge on any atom is 0.339 e. The minimum atomic E-state index is -3.97. The molecule has 0 saturated heterocycles. The molecule has 4 nitrogen and oxygen atoms in total. The van der Waals surface area contributed by atoms with Crippen LogP contribution in [0.25, 0.3) is 0 Å². The molecule has 0 aliphatic rings. The van der Waals surface area contributed by atoms with E-state index in [0.717, 1.165) is 16.8 Å². The number of aliphatic imine (C=N–C) groups is 1. The van der Waals surface area contributed by atoms with Gasteiger partial charge in [-0.2, -0.15) is 8.42 Å². The zero-order chi connectivity index (χ0) is 19.4. The Morgan fingerprint density at radius 2 is 1.67 bits per heavy atom. The van der Waals surface area contributed by atoms with E-state index in [0.29, 0.717) is 10.6 Å². The number of nitrogens with zero attached hydrogens (tertiary/aromatic N) is 1. The van der Waals surface area contributed by atoms with E-state index >= 15 is 0 Å². The molecular formula is C21H18ClNO3S. The zero-order valence-electron chi connectivity index (χ0n) is 14.9. The molecule has 6 heteroatoms. The van der Waals surface area contributed by atoms with Crippen molar-refractivity contribution in [3.8, 4) is 5.75 Å². The Hall–Kier alpha value is -2.63. The van der Waals surface area contributed by atoms with Gasteiger partial charge >= 0.3 is 10.1 Å². The average molecular weight is 400 g/mol. The molecule has 3 aromatic carbocycles. The van der Waals surface area contributed by atoms with Gasteiger partial charge in [-0.3, -0.25) is 4.99 Å². The largest absolute Gasteiger partial charge is 0.378 e. The number of aryl methyl sites for hydroxylation is 2. The minimum absolute atomic E-state index is 0.0353. The molecule has 0 radical (unpaired) electrons. The van der Waals surface area contributed by atoms with Crippen molar-refractivity contribution in [2.24, 2.45) is 4.99 Å². The summed E-state index contributed by atoms with van der Waals surface area (Å²) in [6.07, 6.45) is 1.61. The summed E-state index contributed by atoms with van der Waals surface area (Å²) in [5.74, 6) is 0.210. The Morgan fingerprint density at radius 1 is 0.963 bits per heavy atom. The molecule has 0 saturated carbocycles. The first kappa shape index (κ1) is 19.1. The van der Waals surface area contributed by atoms with Crippen molar-refractivity contribution < 1.29 is 12.6 Å². The molecule has 0 aliphatic carbocycles. The van der Waals surface area contributed by atoms with E-state index in [9.17, 15) is 8.42 Å². The van der Waals surface area contributed by atoms with Crippen molar-refractivity contribution in [2.45, 2.75) is 18.7 Å². The van der Waals surface area contributed by atoms with E-state index < -0.39 is 10.1 Å². The van der Waals surface area contributed by atoms with Gasteiger partial charge in [0.25, 0.3) is 0 Å². The normalized spacial score (nSPS) is 11.7. The molecule has 0 fully saturated rings. The van der Waals surface area contributed by atoms with Gasteiger partial charge in [0.15, 0.2) is 5.75 Å². The summed E-state index contributed by atoms with van der Waals surface area (Å²) in [5, 5.41) is 0.454. The van der Waals surface area contributed by atoms with Gasteiger partial charge in [0.2, 0.25) is 0 Å². The maximum absolute atomic E-state index is 12.5. The highest BCUT2D eigenvalue weighted by molar-refractivity contribution is 7.87. The summed E-state index contributed by atoms with van der Waals surface area (Å²) in [4.78, 5) is 4.53. The molecule has 0 aliphatic heterocycles. The number of hydrogen-bond donors (Lipinski definition) is 0. The highest BCUT2D eigenvalue weighted by atomic mass is 35.5. The Balaban J connectivity index is 1.91. The van der Waals surface area contributed by atoms with Crippen molar-refractivity contribution in [3.63, 3.8) is 0 Å². The third-order valence-corrected chi connectivity index (χ3v) is 5.43. The smallest absolute Gasteiger partial charge is 0.339 e. The van der Waals surface area contributed by atoms with E-state index in [1.54, 1.807) is 30.5 Å². The van der Waals surface area contributed by atoms with Gasteiger partial charge in [-0.05, 0) is 67.4 Å². The summed E-state index contributed by atoms with van der Waals surface area (Å²) >= 11 is 5.82. The van der Waals surface area contributed by atoms with Gasteiger partial charge in [-0.15, -0.1) is 0 Å². The maximum atomic E-state index is 12.5. The zero-order valence-corrected chi connectivity index (χ0v) is 16.5. The number of para-hydroxylation sites is 1. The molecule has 138 valence electrons. The van der Waals surface area contributed by atoms with Gasteiger partial charge in [0, 0.05) is 16.8 Å². The Labute approximate surface area is 164 Å². The van der Waals surface area contributed by atoms with Crippen LogP contribution in [0.15, 0.2) is 76.6 Å². The van der Waals surface area contributed by atoms with Gasteiger partial charge in [-0.1, -0.05) is 35.9 Å². The van der Waals surface area contributed by atoms with E-state index in [1.165, 1.54) is 24.3 Å². The summed E-state index contributed by atoms with van der Waals surface area (Å²) < 4.78 is 30.4. The van der Waals surface area contributed by atoms with Crippen LogP contribution in [0, 0.1) is 13.8 Å². The van der Waals surface area contributed by atoms with Crippen molar-refractivity contribution in [2.75, 3.05) is 0 Å². The fraction of sp³-hybridized carbons (Fsp3) is 0.0952. The fourth-order valence-electron chi connectivity index (χ4n) is 2.43. The van der Waals surface area contributed by atoms with Crippen LogP contribution in [0.3, 0.4) is 0 Å². The first-order valence-corrected chi connectivity index (χ1v) is 10.0. The second-order valence-electron chi connectivity index (χ2n) is 6.08. The molecule has 0 N–H and O–H groups in total. The third-order valence-electron chi connectivity index (χ3n) is 3.93. The fourth-order valence-corrected chi connectivity index (χ4v) is 3.51. The van der Waals surface area contributed by atoms with Crippen molar-refractivity contribution in [3.05, 3.63) is 88.4 Å². The lowest BCUT2D eigenvalue weighted by Crippen LogP contribution is -2.10. The predicted molar refractivity (Wildman–Crippen MR) is 109 cm³/mol. The first-order chi connectivity index (χ1) is 12.8. The van der Waals surface area contributed by atoms with E-state index in [2.05, 4.69) is 4.99 Å². The van der Waals surface area contributed by atoms with E-state index in [1.807, 2.05) is 32.0 Å². The van der Waals surface area contributed by atoms with Crippen molar-refractivity contribution >= 4 is 33.6 Å². The number of hydrogen-bond acceptors (Lipinski definition) is 4. The van der Waals surface area contributed by atoms with Gasteiger partial charge in [-0.25, -0.2) is 0 Å². The van der Waals surface area contributed by atoms with Crippen LogP contribution in [0.2, 0.25) is 5.02 Å². The Bertz CT molecular complexity index is 1090. The van der Waals surface area contributed by atoms with Gasteiger partial charge in [0.05, 0.1) is 5.69 Å². The molecule has 0 amide bonds. The van der Waals surface area contributed by atoms with Crippen molar-refractivity contribution in [1.29, 1.82) is 0 Å². The average Bonchev–Trinajstić information content (AvgIpc) is 2.63. The molecule has 0 unspecified atom stereocenters. The monoisotopic (exact) mass is 399 g/mol. The lowest BCUT2D eigenvalue weighted by Gasteiger charge is -2.09. The lowest BCUT2D eigenvalue weighted by molar-refractivity contribution is 0.485. The van der Waals surface area contributed by atoms with Crippen LogP contribution < -0.4 is 4.18 Å². The minimum Gasteiger partial charge on any atom is -0.378 e. The second-order valence-corrected chi connectivity index (χ2v) is 8.06. The second kappa shape index (κ2) is 7.94. The van der Waals surface area contributed by atoms with Gasteiger partial charge in [0.1, 0.15) is 4.90 Å². The summed E-state index contributed by atoms with van der Waals surface area (Å²) in [6, 6.07) is 18.7. The Morgan fingerprint density at radius 3 is 2.41 bits per heavy atom. The predicted octanol–water partition coefficient (Wildman–Crippen LogP) is 5.48. The first-order valence-electron chi connectivity index (χ1n) is 8.25. The molecule has 0 aromatic heterocycles. The van der Waals surface area contributed by atoms with Crippen LogP contribution in [-0.2, 0) is 10.1 Å². The lowest BCUT2D eigenvalue weighted by atomic mass is 10.1. The molecule has 3 aromatic rings. The molecule has 27 heavy (non-hydrogen) atoms. The number of halogens is 1. The van der Waals surface area contributed by atoms with E-state index in [4.69, 9.17) is 15.8 Å². The summed E-state index contributed by atoms with van der Waals surface area (Å²) in [7, 11) is -3.97. The van der Waals surface area contributed by atoms with Gasteiger partial charge < -0.3 is 4.18 Å². The van der Waals surface area contributed by atoms with E-state index in [-0.39, 0.29) is 10.6 Å². The van der Waals surface area contributed by atoms with Crippen LogP contribution in [0.4, 0.5) is 5.69 Å². The molecule has 3 rings (SSSR count). The molecule has 0 spiro atoms. The molecule has 0 bridgehead atoms. The van der Waals surface area contributed by atoms with Crippen LogP contribution >= 0.6 is 11.6 Å². The quantitative estimate of drug-likeness (QED) is 0.422. The standard InChI is InChI=1S/C21H18ClNO3S/c1-15-7-8-16(2)20(13-15)23-14-17-5-3-4-6-21(17)26-27(24,25)19-11-9-18(22)10-12-19/h3-14H,1-2H3. The third kappa shape index (κ3) is 4.76. The molecular weight excluding hydrogens is 382 g/mol. The SMILES string of the molecule is Cc1ccc(C)c(N=Cc2ccccc2OS(=O)(=O)c2ccc(Cl)cc2)c1. The topological polar surface area (TPSA) is 55.7 Å². The number of benzene rings is 3. The molecule has 0 heterocycles. The van der Waals surface area contributed by atoms with Crippen LogP contribution in [0.5, 0.6) is 5.75 Å². The highest BCUT2D eigenvalue weighted by Crippen LogP contribution is 2.25. The van der Waals surface area contributed by atoms with Crippen molar-refractivity contribution in [1.82, 2.24) is 0 Å². The summed E-state index contributed by atoms with van der Waals surface area (Å²) in [6.45, 7) is 3.97. The highest BCUT2D eigenvalue weighted by Gasteiger charge is 2.18. The molecule has 0 atom stereocenters. The number of rotatable bonds is 5. The summed E-state index contributed by atoms with van der Waals surface area (Å²) in [5.41, 5.74) is 3.52.